The van der Waals surface area contributed by atoms with Crippen molar-refractivity contribution in [3.05, 3.63) is 41.6 Å². The van der Waals surface area contributed by atoms with Gasteiger partial charge in [0, 0.05) is 12.7 Å². The zero-order chi connectivity index (χ0) is 22.9. The summed E-state index contributed by atoms with van der Waals surface area (Å²) in [6, 6.07) is 1.46. The van der Waals surface area contributed by atoms with Gasteiger partial charge in [-0.15, -0.1) is 0 Å². The second kappa shape index (κ2) is 15.5. The van der Waals surface area contributed by atoms with E-state index in [1.54, 1.807) is 6.92 Å². The quantitative estimate of drug-likeness (QED) is 0.315. The van der Waals surface area contributed by atoms with Crippen LogP contribution in [-0.4, -0.2) is 42.5 Å². The Morgan fingerprint density at radius 2 is 2.13 bits per heavy atom. The third-order valence-corrected chi connectivity index (χ3v) is 3.80. The normalized spacial score (nSPS) is 12.0. The van der Waals surface area contributed by atoms with Gasteiger partial charge in [0.1, 0.15) is 12.4 Å². The van der Waals surface area contributed by atoms with Crippen LogP contribution in [0.5, 0.6) is 5.88 Å². The number of ether oxygens (including phenoxy) is 1. The predicted molar refractivity (Wildman–Crippen MR) is 121 cm³/mol. The highest BCUT2D eigenvalue weighted by atomic mass is 16.5. The molecule has 0 saturated heterocycles. The number of carbonyl (C=O) groups excluding carboxylic acids is 1. The molecule has 0 fully saturated rings. The van der Waals surface area contributed by atoms with E-state index in [0.29, 0.717) is 26.0 Å². The molecule has 1 aromatic heterocycles. The maximum absolute atomic E-state index is 11.0. The van der Waals surface area contributed by atoms with Crippen LogP contribution in [0.3, 0.4) is 0 Å². The molecule has 0 bridgehead atoms. The zero-order valence-electron chi connectivity index (χ0n) is 18.2. The van der Waals surface area contributed by atoms with E-state index in [1.807, 2.05) is 45.2 Å². The Morgan fingerprint density at radius 1 is 1.43 bits per heavy atom. The summed E-state index contributed by atoms with van der Waals surface area (Å²) in [4.78, 5) is 18.8. The van der Waals surface area contributed by atoms with Crippen LogP contribution in [0.15, 0.2) is 36.1 Å². The average Bonchev–Trinajstić information content (AvgIpc) is 2.75. The second-order valence-corrected chi connectivity index (χ2v) is 6.06. The molecule has 0 aliphatic carbocycles. The van der Waals surface area contributed by atoms with Crippen molar-refractivity contribution in [2.75, 3.05) is 31.2 Å². The molecule has 9 heteroatoms. The van der Waals surface area contributed by atoms with Gasteiger partial charge in [0.2, 0.25) is 11.8 Å². The Kier molecular flexibility index (Phi) is 13.8. The Labute approximate surface area is 178 Å². The number of hydrogen-bond donors (Lipinski definition) is 4. The lowest BCUT2D eigenvalue weighted by Gasteiger charge is -2.15. The van der Waals surface area contributed by atoms with Gasteiger partial charge in [0.25, 0.3) is 0 Å². The first-order valence-corrected chi connectivity index (χ1v) is 9.67. The Balaban J connectivity index is 0.000000710. The van der Waals surface area contributed by atoms with E-state index in [0.717, 1.165) is 12.0 Å². The first-order chi connectivity index (χ1) is 14.4. The van der Waals surface area contributed by atoms with Crippen LogP contribution in [0.2, 0.25) is 0 Å². The number of nitrogens with zero attached hydrogens (tertiary/aromatic N) is 3. The van der Waals surface area contributed by atoms with Crippen molar-refractivity contribution in [3.63, 3.8) is 0 Å². The van der Waals surface area contributed by atoms with Crippen molar-refractivity contribution in [2.24, 2.45) is 5.73 Å². The van der Waals surface area contributed by atoms with Crippen LogP contribution in [0, 0.1) is 11.3 Å². The molecule has 1 aromatic rings. The lowest BCUT2D eigenvalue weighted by molar-refractivity contribution is -0.108. The number of likely N-dealkylation sites (N-methyl/N-ethyl adjacent to an activating group) is 1. The van der Waals surface area contributed by atoms with Gasteiger partial charge in [-0.05, 0) is 51.8 Å². The molecular weight excluding hydrogens is 382 g/mol. The van der Waals surface area contributed by atoms with E-state index in [-0.39, 0.29) is 23.2 Å². The van der Waals surface area contributed by atoms with Gasteiger partial charge < -0.3 is 31.6 Å². The van der Waals surface area contributed by atoms with E-state index in [4.69, 9.17) is 16.2 Å². The van der Waals surface area contributed by atoms with Crippen molar-refractivity contribution in [1.82, 2.24) is 15.3 Å². The molecule has 0 amide bonds. The number of allylic oxidation sites excluding steroid dienone is 4. The largest absolute Gasteiger partial charge is 0.477 e. The Bertz CT molecular complexity index is 782. The number of nitriles is 1. The van der Waals surface area contributed by atoms with Crippen molar-refractivity contribution >= 4 is 18.1 Å². The summed E-state index contributed by atoms with van der Waals surface area (Å²) in [6.07, 6.45) is 7.87. The fourth-order valence-corrected chi connectivity index (χ4v) is 2.19. The molecule has 1 heterocycles. The van der Waals surface area contributed by atoms with Crippen LogP contribution >= 0.6 is 0 Å². The van der Waals surface area contributed by atoms with Crippen molar-refractivity contribution in [2.45, 2.75) is 39.7 Å². The van der Waals surface area contributed by atoms with E-state index in [2.05, 4.69) is 27.2 Å². The van der Waals surface area contributed by atoms with Gasteiger partial charge in [-0.25, -0.2) is 0 Å². The fourth-order valence-electron chi connectivity index (χ4n) is 2.19. The molecule has 1 atom stereocenters. The van der Waals surface area contributed by atoms with Gasteiger partial charge in [-0.3, -0.25) is 0 Å². The highest BCUT2D eigenvalue weighted by Crippen LogP contribution is 2.24. The van der Waals surface area contributed by atoms with Gasteiger partial charge in [-0.1, -0.05) is 18.7 Å². The molecule has 0 aromatic carbocycles. The number of rotatable bonds is 11. The summed E-state index contributed by atoms with van der Waals surface area (Å²) in [7, 11) is 1.90. The summed E-state index contributed by atoms with van der Waals surface area (Å²) >= 11 is 0. The fraction of sp³-hybridized carbons (Fsp3) is 0.429. The number of aldehydes is 1. The predicted octanol–water partition coefficient (Wildman–Crippen LogP) is 2.29. The number of hydrogen-bond acceptors (Lipinski definition) is 9. The standard InChI is InChI=1S/C12H18N6O2.C9H15N/c1-2-20-11-9(6-14)10(17-12(15)18-11)16-8(7-19)4-3-5-13;1-5-8(3)7-9(6-2)10-4/h7-8H,2-5,13H2,1H3,(H3,15,16,17,18);5-7,10H,1H2,2-4H3/b;8-7-,9-6+/t8-;/m0./s1. The van der Waals surface area contributed by atoms with E-state index >= 15 is 0 Å². The van der Waals surface area contributed by atoms with Crippen LogP contribution in [-0.2, 0) is 4.79 Å². The number of nitrogen functional groups attached to an aromatic ring is 1. The SMILES string of the molecule is C=C/C(C)=C\C(=C/C)NC.CCOc1nc(N)nc(N[C@H](C=O)CCCN)c1C#N. The Morgan fingerprint density at radius 3 is 2.60 bits per heavy atom. The molecule has 6 N–H and O–H groups in total. The monoisotopic (exact) mass is 415 g/mol. The highest BCUT2D eigenvalue weighted by molar-refractivity contribution is 5.67. The van der Waals surface area contributed by atoms with E-state index < -0.39 is 6.04 Å². The first kappa shape index (κ1) is 26.6. The molecule has 30 heavy (non-hydrogen) atoms. The molecule has 0 aliphatic heterocycles. The molecule has 9 nitrogen and oxygen atoms in total. The topological polar surface area (TPSA) is 152 Å². The number of aromatic nitrogens is 2. The summed E-state index contributed by atoms with van der Waals surface area (Å²) in [6.45, 7) is 10.3. The maximum atomic E-state index is 11.0. The molecule has 164 valence electrons. The van der Waals surface area contributed by atoms with Crippen LogP contribution in [0.25, 0.3) is 0 Å². The molecule has 0 saturated carbocycles. The molecule has 1 rings (SSSR count). The average molecular weight is 416 g/mol. The van der Waals surface area contributed by atoms with Gasteiger partial charge in [0.15, 0.2) is 11.4 Å². The number of anilines is 2. The lowest BCUT2D eigenvalue weighted by atomic mass is 10.1. The van der Waals surface area contributed by atoms with Gasteiger partial charge >= 0.3 is 0 Å². The first-order valence-electron chi connectivity index (χ1n) is 9.67. The smallest absolute Gasteiger partial charge is 0.238 e. The van der Waals surface area contributed by atoms with Gasteiger partial charge in [-0.2, -0.15) is 15.2 Å². The van der Waals surface area contributed by atoms with Crippen molar-refractivity contribution in [3.8, 4) is 11.9 Å². The zero-order valence-corrected chi connectivity index (χ0v) is 18.2. The van der Waals surface area contributed by atoms with E-state index in [1.165, 1.54) is 5.57 Å². The molecular formula is C21H33N7O2. The van der Waals surface area contributed by atoms with Crippen LogP contribution < -0.4 is 26.8 Å². The minimum Gasteiger partial charge on any atom is -0.477 e. The molecule has 0 unspecified atom stereocenters. The minimum absolute atomic E-state index is 0.0292. The lowest BCUT2D eigenvalue weighted by Crippen LogP contribution is -2.24. The third-order valence-electron chi connectivity index (χ3n) is 3.80. The number of nitrogens with one attached hydrogen (secondary N) is 2. The molecule has 0 radical (unpaired) electrons. The minimum atomic E-state index is -0.491. The van der Waals surface area contributed by atoms with E-state index in [9.17, 15) is 10.1 Å². The Hall–Kier alpha value is -3.38. The van der Waals surface area contributed by atoms with Crippen LogP contribution in [0.4, 0.5) is 11.8 Å². The van der Waals surface area contributed by atoms with Crippen LogP contribution in [0.1, 0.15) is 39.2 Å². The second-order valence-electron chi connectivity index (χ2n) is 6.06. The third kappa shape index (κ3) is 9.71. The summed E-state index contributed by atoms with van der Waals surface area (Å²) in [5, 5.41) is 15.1. The van der Waals surface area contributed by atoms with Crippen molar-refractivity contribution < 1.29 is 9.53 Å². The maximum Gasteiger partial charge on any atom is 0.238 e. The summed E-state index contributed by atoms with van der Waals surface area (Å²) in [5.41, 5.74) is 13.4. The molecule has 0 aliphatic rings. The number of nitrogens with two attached hydrogens (primary N) is 2. The highest BCUT2D eigenvalue weighted by Gasteiger charge is 2.17. The summed E-state index contributed by atoms with van der Waals surface area (Å²) in [5.74, 6) is 0.268. The number of carbonyl (C=O) groups is 1. The van der Waals surface area contributed by atoms with Crippen molar-refractivity contribution in [1.29, 1.82) is 5.26 Å². The molecule has 0 spiro atoms. The summed E-state index contributed by atoms with van der Waals surface area (Å²) < 4.78 is 5.24. The van der Waals surface area contributed by atoms with Gasteiger partial charge in [0.05, 0.1) is 12.6 Å².